The number of hydrogen-bond acceptors (Lipinski definition) is 3. The van der Waals surface area contributed by atoms with Crippen LogP contribution >= 0.6 is 0 Å². The van der Waals surface area contributed by atoms with Crippen molar-refractivity contribution in [2.24, 2.45) is 5.92 Å². The van der Waals surface area contributed by atoms with Crippen LogP contribution in [0.15, 0.2) is 30.3 Å². The van der Waals surface area contributed by atoms with E-state index in [4.69, 9.17) is 0 Å². The van der Waals surface area contributed by atoms with Crippen molar-refractivity contribution >= 4 is 11.7 Å². The van der Waals surface area contributed by atoms with Crippen molar-refractivity contribution in [3.63, 3.8) is 0 Å². The molecule has 1 saturated carbocycles. The quantitative estimate of drug-likeness (QED) is 0.929. The number of ketones is 1. The van der Waals surface area contributed by atoms with Crippen molar-refractivity contribution in [1.29, 1.82) is 0 Å². The Labute approximate surface area is 138 Å². The van der Waals surface area contributed by atoms with Crippen LogP contribution in [-0.2, 0) is 16.1 Å². The van der Waals surface area contributed by atoms with Crippen LogP contribution in [0.2, 0.25) is 0 Å². The van der Waals surface area contributed by atoms with E-state index in [-0.39, 0.29) is 23.7 Å². The van der Waals surface area contributed by atoms with Crippen LogP contribution in [0.25, 0.3) is 0 Å². The number of hydrogen-bond donors (Lipinski definition) is 1. The number of amides is 1. The number of Topliss-reactive ketones (excluding diaryl/α,β-unsaturated/α-hetero) is 1. The summed E-state index contributed by atoms with van der Waals surface area (Å²) in [7, 11) is 0. The van der Waals surface area contributed by atoms with E-state index < -0.39 is 0 Å². The zero-order valence-corrected chi connectivity index (χ0v) is 13.7. The van der Waals surface area contributed by atoms with Crippen LogP contribution in [-0.4, -0.2) is 35.7 Å². The van der Waals surface area contributed by atoms with Gasteiger partial charge >= 0.3 is 0 Å². The highest BCUT2D eigenvalue weighted by Gasteiger charge is 2.29. The van der Waals surface area contributed by atoms with Crippen molar-refractivity contribution in [3.8, 4) is 0 Å². The first-order chi connectivity index (χ1) is 11.2. The van der Waals surface area contributed by atoms with Gasteiger partial charge in [-0.05, 0) is 44.3 Å². The van der Waals surface area contributed by atoms with Crippen molar-refractivity contribution in [2.75, 3.05) is 13.1 Å². The number of carbonyl (C=O) groups is 2. The third kappa shape index (κ3) is 4.41. The minimum atomic E-state index is -0.224. The molecule has 1 saturated heterocycles. The summed E-state index contributed by atoms with van der Waals surface area (Å²) >= 11 is 0. The fraction of sp³-hybridized carbons (Fsp3) is 0.579. The fourth-order valence-electron chi connectivity index (χ4n) is 3.62. The maximum Gasteiger partial charge on any atom is 0.223 e. The van der Waals surface area contributed by atoms with Crippen LogP contribution in [0.5, 0.6) is 0 Å². The van der Waals surface area contributed by atoms with E-state index >= 15 is 0 Å². The molecule has 0 aromatic heterocycles. The first-order valence-corrected chi connectivity index (χ1v) is 8.82. The van der Waals surface area contributed by atoms with Gasteiger partial charge in [-0.3, -0.25) is 14.5 Å². The van der Waals surface area contributed by atoms with Crippen molar-refractivity contribution in [1.82, 2.24) is 10.2 Å². The molecule has 0 spiro atoms. The monoisotopic (exact) mass is 314 g/mol. The molecule has 2 fully saturated rings. The van der Waals surface area contributed by atoms with Gasteiger partial charge in [0, 0.05) is 18.9 Å². The molecule has 1 atom stereocenters. The second kappa shape index (κ2) is 7.73. The van der Waals surface area contributed by atoms with Gasteiger partial charge < -0.3 is 5.32 Å². The maximum atomic E-state index is 12.4. The Kier molecular flexibility index (Phi) is 5.44. The second-order valence-corrected chi connectivity index (χ2v) is 6.81. The molecular formula is C19H26N2O2. The molecule has 4 nitrogen and oxygen atoms in total. The van der Waals surface area contributed by atoms with Gasteiger partial charge in [-0.2, -0.15) is 0 Å². The van der Waals surface area contributed by atoms with Gasteiger partial charge in [-0.15, -0.1) is 0 Å². The molecule has 124 valence electrons. The lowest BCUT2D eigenvalue weighted by atomic mass is 9.91. The molecule has 1 aliphatic carbocycles. The number of benzene rings is 1. The van der Waals surface area contributed by atoms with Gasteiger partial charge in [0.15, 0.2) is 5.78 Å². The molecule has 0 unspecified atom stereocenters. The number of likely N-dealkylation sites (tertiary alicyclic amines) is 1. The van der Waals surface area contributed by atoms with E-state index in [0.717, 1.165) is 51.7 Å². The fourth-order valence-corrected chi connectivity index (χ4v) is 3.62. The first-order valence-electron chi connectivity index (χ1n) is 8.82. The second-order valence-electron chi connectivity index (χ2n) is 6.81. The number of piperidine rings is 1. The number of nitrogens with zero attached hydrogens (tertiary/aromatic N) is 1. The summed E-state index contributed by atoms with van der Waals surface area (Å²) < 4.78 is 0. The van der Waals surface area contributed by atoms with E-state index in [1.54, 1.807) is 0 Å². The van der Waals surface area contributed by atoms with Gasteiger partial charge in [-0.1, -0.05) is 36.8 Å². The summed E-state index contributed by atoms with van der Waals surface area (Å²) in [6.45, 7) is 2.85. The van der Waals surface area contributed by atoms with Crippen LogP contribution in [0.1, 0.15) is 44.1 Å². The van der Waals surface area contributed by atoms with E-state index in [1.807, 2.05) is 6.07 Å². The van der Waals surface area contributed by atoms with Gasteiger partial charge in [0.2, 0.25) is 5.91 Å². The Morgan fingerprint density at radius 2 is 1.83 bits per heavy atom. The van der Waals surface area contributed by atoms with Crippen LogP contribution in [0.3, 0.4) is 0 Å². The molecule has 1 N–H and O–H groups in total. The lowest BCUT2D eigenvalue weighted by molar-refractivity contribution is -0.132. The molecule has 1 amide bonds. The topological polar surface area (TPSA) is 49.4 Å². The Bertz CT molecular complexity index is 536. The molecule has 3 rings (SSSR count). The van der Waals surface area contributed by atoms with Crippen LogP contribution in [0, 0.1) is 5.92 Å². The van der Waals surface area contributed by atoms with E-state index in [9.17, 15) is 9.59 Å². The van der Waals surface area contributed by atoms with Gasteiger partial charge in [0.1, 0.15) is 0 Å². The van der Waals surface area contributed by atoms with Gasteiger partial charge in [-0.25, -0.2) is 0 Å². The molecular weight excluding hydrogens is 288 g/mol. The summed E-state index contributed by atoms with van der Waals surface area (Å²) in [4.78, 5) is 26.6. The van der Waals surface area contributed by atoms with Crippen molar-refractivity contribution in [3.05, 3.63) is 35.9 Å². The lowest BCUT2D eigenvalue weighted by Crippen LogP contribution is -2.47. The molecule has 0 radical (unpaired) electrons. The summed E-state index contributed by atoms with van der Waals surface area (Å²) in [6, 6.07) is 10.2. The number of nitrogens with one attached hydrogen (secondary N) is 1. The minimum absolute atomic E-state index is 0.0664. The Morgan fingerprint density at radius 1 is 1.09 bits per heavy atom. The molecule has 1 aliphatic heterocycles. The molecule has 1 aromatic rings. The molecule has 1 heterocycles. The van der Waals surface area contributed by atoms with Crippen molar-refractivity contribution in [2.45, 2.75) is 51.1 Å². The Hall–Kier alpha value is -1.68. The predicted octanol–water partition coefficient (Wildman–Crippen LogP) is 2.53. The van der Waals surface area contributed by atoms with Crippen LogP contribution < -0.4 is 5.32 Å². The predicted molar refractivity (Wildman–Crippen MR) is 89.8 cm³/mol. The maximum absolute atomic E-state index is 12.4. The van der Waals surface area contributed by atoms with E-state index in [0.29, 0.717) is 6.42 Å². The Morgan fingerprint density at radius 3 is 2.52 bits per heavy atom. The molecule has 4 heteroatoms. The Balaban J connectivity index is 1.45. The lowest BCUT2D eigenvalue weighted by Gasteiger charge is -2.32. The van der Waals surface area contributed by atoms with E-state index in [2.05, 4.69) is 34.5 Å². The highest BCUT2D eigenvalue weighted by molar-refractivity contribution is 5.90. The highest BCUT2D eigenvalue weighted by Crippen LogP contribution is 2.21. The normalized spacial score (nSPS) is 23.7. The summed E-state index contributed by atoms with van der Waals surface area (Å²) in [6.07, 6.45) is 5.24. The SMILES string of the molecule is O=C(N[C@@H]1CCCCC1=O)C1CCN(Cc2ccccc2)CC1. The first kappa shape index (κ1) is 16.2. The molecule has 23 heavy (non-hydrogen) atoms. The summed E-state index contributed by atoms with van der Waals surface area (Å²) in [5, 5.41) is 3.00. The summed E-state index contributed by atoms with van der Waals surface area (Å²) in [5.41, 5.74) is 1.32. The average molecular weight is 314 g/mol. The van der Waals surface area contributed by atoms with Crippen molar-refractivity contribution < 1.29 is 9.59 Å². The average Bonchev–Trinajstić information content (AvgIpc) is 2.58. The third-order valence-corrected chi connectivity index (χ3v) is 5.08. The largest absolute Gasteiger partial charge is 0.346 e. The molecule has 2 aliphatic rings. The zero-order valence-electron chi connectivity index (χ0n) is 13.7. The zero-order chi connectivity index (χ0) is 16.1. The molecule has 1 aromatic carbocycles. The van der Waals surface area contributed by atoms with Gasteiger partial charge in [0.05, 0.1) is 6.04 Å². The minimum Gasteiger partial charge on any atom is -0.346 e. The van der Waals surface area contributed by atoms with E-state index in [1.165, 1.54) is 5.56 Å². The number of rotatable bonds is 4. The smallest absolute Gasteiger partial charge is 0.223 e. The van der Waals surface area contributed by atoms with Gasteiger partial charge in [0.25, 0.3) is 0 Å². The van der Waals surface area contributed by atoms with Crippen LogP contribution in [0.4, 0.5) is 0 Å². The summed E-state index contributed by atoms with van der Waals surface area (Å²) in [5.74, 6) is 0.368. The third-order valence-electron chi connectivity index (χ3n) is 5.08. The number of carbonyl (C=O) groups excluding carboxylic acids is 2. The standard InChI is InChI=1S/C19H26N2O2/c22-18-9-5-4-8-17(18)20-19(23)16-10-12-21(13-11-16)14-15-6-2-1-3-7-15/h1-3,6-7,16-17H,4-5,8-14H2,(H,20,23)/t17-/m1/s1. The molecule has 0 bridgehead atoms. The highest BCUT2D eigenvalue weighted by atomic mass is 16.2.